The second-order valence-electron chi connectivity index (χ2n) is 5.21. The van der Waals surface area contributed by atoms with Crippen LogP contribution in [-0.2, 0) is 9.53 Å². The lowest BCUT2D eigenvalue weighted by atomic mass is 10.2. The van der Waals surface area contributed by atoms with Crippen molar-refractivity contribution >= 4 is 53.5 Å². The minimum Gasteiger partial charge on any atom is -0.383 e. The van der Waals surface area contributed by atoms with Gasteiger partial charge >= 0.3 is 0 Å². The summed E-state index contributed by atoms with van der Waals surface area (Å²) in [6.45, 7) is 1.52. The monoisotopic (exact) mass is 408 g/mol. The van der Waals surface area contributed by atoms with E-state index in [2.05, 4.69) is 26.9 Å². The first-order valence-corrected chi connectivity index (χ1v) is 9.06. The molecule has 1 amide bonds. The van der Waals surface area contributed by atoms with Crippen molar-refractivity contribution in [3.8, 4) is 0 Å². The van der Waals surface area contributed by atoms with Crippen LogP contribution < -0.4 is 10.6 Å². The molecule has 0 aliphatic carbocycles. The molecule has 0 aliphatic heterocycles. The van der Waals surface area contributed by atoms with E-state index in [4.69, 9.17) is 4.74 Å². The number of thioether (sulfide) groups is 1. The van der Waals surface area contributed by atoms with Crippen molar-refractivity contribution in [3.63, 3.8) is 0 Å². The van der Waals surface area contributed by atoms with Crippen molar-refractivity contribution in [1.82, 2.24) is 20.6 Å². The van der Waals surface area contributed by atoms with Crippen molar-refractivity contribution in [2.24, 2.45) is 0 Å². The zero-order chi connectivity index (χ0) is 16.5. The zero-order valence-electron chi connectivity index (χ0n) is 14.4. The number of aromatic nitrogens is 2. The lowest BCUT2D eigenvalue weighted by Gasteiger charge is -2.16. The molecule has 1 atom stereocenters. The molecule has 2 rings (SSSR count). The van der Waals surface area contributed by atoms with Crippen LogP contribution in [0.4, 0.5) is 0 Å². The number of carbonyl (C=O) groups is 1. The molecule has 0 saturated heterocycles. The van der Waals surface area contributed by atoms with Crippen LogP contribution in [0.15, 0.2) is 24.3 Å². The fourth-order valence-corrected chi connectivity index (χ4v) is 2.74. The molecule has 0 spiro atoms. The van der Waals surface area contributed by atoms with Gasteiger partial charge in [-0.2, -0.15) is 11.8 Å². The molecule has 9 heteroatoms. The largest absolute Gasteiger partial charge is 0.383 e. The SMILES string of the molecule is COCCNCC(=O)NC(CCSC)c1nc2ccccc2[nH]1.Cl.Cl. The van der Waals surface area contributed by atoms with Crippen molar-refractivity contribution in [3.05, 3.63) is 30.1 Å². The molecule has 0 radical (unpaired) electrons. The third-order valence-corrected chi connectivity index (χ3v) is 4.10. The number of imidazole rings is 1. The van der Waals surface area contributed by atoms with Crippen LogP contribution in [-0.4, -0.2) is 54.7 Å². The Kier molecular flexibility index (Phi) is 12.7. The number of hydrogen-bond acceptors (Lipinski definition) is 5. The van der Waals surface area contributed by atoms with E-state index in [9.17, 15) is 4.79 Å². The van der Waals surface area contributed by atoms with E-state index in [1.54, 1.807) is 18.9 Å². The molecule has 1 unspecified atom stereocenters. The van der Waals surface area contributed by atoms with Crippen molar-refractivity contribution in [1.29, 1.82) is 0 Å². The summed E-state index contributed by atoms with van der Waals surface area (Å²) in [5, 5.41) is 6.11. The van der Waals surface area contributed by atoms with E-state index in [0.29, 0.717) is 13.2 Å². The molecule has 0 fully saturated rings. The van der Waals surface area contributed by atoms with Crippen molar-refractivity contribution < 1.29 is 9.53 Å². The fourth-order valence-electron chi connectivity index (χ4n) is 2.27. The smallest absolute Gasteiger partial charge is 0.234 e. The van der Waals surface area contributed by atoms with E-state index in [1.165, 1.54) is 0 Å². The summed E-state index contributed by atoms with van der Waals surface area (Å²) in [5.41, 5.74) is 1.91. The number of aromatic amines is 1. The molecular formula is C16H26Cl2N4O2S. The Morgan fingerprint density at radius 3 is 2.80 bits per heavy atom. The van der Waals surface area contributed by atoms with E-state index in [0.717, 1.165) is 29.0 Å². The predicted octanol–water partition coefficient (Wildman–Crippen LogP) is 2.55. The number of benzene rings is 1. The van der Waals surface area contributed by atoms with Gasteiger partial charge < -0.3 is 20.4 Å². The van der Waals surface area contributed by atoms with E-state index < -0.39 is 0 Å². The predicted molar refractivity (Wildman–Crippen MR) is 109 cm³/mol. The molecular weight excluding hydrogens is 383 g/mol. The summed E-state index contributed by atoms with van der Waals surface area (Å²) in [6.07, 6.45) is 2.90. The van der Waals surface area contributed by atoms with Gasteiger partial charge in [0, 0.05) is 13.7 Å². The molecule has 25 heavy (non-hydrogen) atoms. The quantitative estimate of drug-likeness (QED) is 0.526. The maximum absolute atomic E-state index is 12.1. The van der Waals surface area contributed by atoms with Crippen LogP contribution in [0.5, 0.6) is 0 Å². The first-order chi connectivity index (χ1) is 11.2. The number of fused-ring (bicyclic) bond motifs is 1. The molecule has 1 heterocycles. The fraction of sp³-hybridized carbons (Fsp3) is 0.500. The number of rotatable bonds is 10. The van der Waals surface area contributed by atoms with Crippen LogP contribution in [0.1, 0.15) is 18.3 Å². The van der Waals surface area contributed by atoms with E-state index >= 15 is 0 Å². The minimum absolute atomic E-state index is 0. The van der Waals surface area contributed by atoms with Crippen LogP contribution in [0.3, 0.4) is 0 Å². The number of methoxy groups -OCH3 is 1. The Morgan fingerprint density at radius 1 is 1.36 bits per heavy atom. The summed E-state index contributed by atoms with van der Waals surface area (Å²) in [4.78, 5) is 20.0. The van der Waals surface area contributed by atoms with E-state index in [1.807, 2.05) is 24.3 Å². The summed E-state index contributed by atoms with van der Waals surface area (Å²) in [5.74, 6) is 1.73. The van der Waals surface area contributed by atoms with Crippen LogP contribution in [0.2, 0.25) is 0 Å². The van der Waals surface area contributed by atoms with Gasteiger partial charge in [-0.3, -0.25) is 4.79 Å². The maximum atomic E-state index is 12.1. The van der Waals surface area contributed by atoms with Gasteiger partial charge in [0.05, 0.1) is 30.2 Å². The first kappa shape index (κ1) is 24.0. The molecule has 0 bridgehead atoms. The lowest BCUT2D eigenvalue weighted by Crippen LogP contribution is -2.37. The van der Waals surface area contributed by atoms with Gasteiger partial charge in [-0.25, -0.2) is 4.98 Å². The first-order valence-electron chi connectivity index (χ1n) is 7.67. The molecule has 142 valence electrons. The number of H-pyrrole nitrogens is 1. The van der Waals surface area contributed by atoms with E-state index in [-0.39, 0.29) is 43.3 Å². The van der Waals surface area contributed by atoms with Crippen molar-refractivity contribution in [2.75, 3.05) is 38.8 Å². The highest BCUT2D eigenvalue weighted by molar-refractivity contribution is 7.98. The molecule has 1 aromatic carbocycles. The normalized spacial score (nSPS) is 11.4. The van der Waals surface area contributed by atoms with Crippen molar-refractivity contribution in [2.45, 2.75) is 12.5 Å². The highest BCUT2D eigenvalue weighted by Gasteiger charge is 2.17. The number of para-hydroxylation sites is 2. The average Bonchev–Trinajstić information content (AvgIpc) is 2.99. The van der Waals surface area contributed by atoms with Gasteiger partial charge in [-0.05, 0) is 30.6 Å². The van der Waals surface area contributed by atoms with Gasteiger partial charge in [-0.15, -0.1) is 24.8 Å². The summed E-state index contributed by atoms with van der Waals surface area (Å²) in [7, 11) is 1.64. The second-order valence-corrected chi connectivity index (χ2v) is 6.20. The summed E-state index contributed by atoms with van der Waals surface area (Å²) in [6, 6.07) is 7.79. The Bertz CT molecular complexity index is 594. The van der Waals surface area contributed by atoms with Crippen LogP contribution in [0, 0.1) is 0 Å². The Hall–Kier alpha value is -0.990. The lowest BCUT2D eigenvalue weighted by molar-refractivity contribution is -0.121. The van der Waals surface area contributed by atoms with Gasteiger partial charge in [0.2, 0.25) is 5.91 Å². The number of amides is 1. The summed E-state index contributed by atoms with van der Waals surface area (Å²) >= 11 is 1.76. The number of nitrogens with zero attached hydrogens (tertiary/aromatic N) is 1. The number of ether oxygens (including phenoxy) is 1. The topological polar surface area (TPSA) is 79.0 Å². The zero-order valence-corrected chi connectivity index (χ0v) is 16.9. The minimum atomic E-state index is -0.105. The van der Waals surface area contributed by atoms with Gasteiger partial charge in [0.15, 0.2) is 0 Å². The maximum Gasteiger partial charge on any atom is 0.234 e. The number of nitrogens with one attached hydrogen (secondary N) is 3. The molecule has 0 aliphatic rings. The Morgan fingerprint density at radius 2 is 2.12 bits per heavy atom. The van der Waals surface area contributed by atoms with Crippen LogP contribution >= 0.6 is 36.6 Å². The molecule has 3 N–H and O–H groups in total. The average molecular weight is 409 g/mol. The molecule has 0 saturated carbocycles. The number of carbonyl (C=O) groups excluding carboxylic acids is 1. The molecule has 1 aromatic heterocycles. The Labute approximate surface area is 165 Å². The third kappa shape index (κ3) is 7.83. The summed E-state index contributed by atoms with van der Waals surface area (Å²) < 4.78 is 4.95. The van der Waals surface area contributed by atoms with Gasteiger partial charge in [0.25, 0.3) is 0 Å². The number of halogens is 2. The third-order valence-electron chi connectivity index (χ3n) is 3.45. The van der Waals surface area contributed by atoms with Gasteiger partial charge in [0.1, 0.15) is 5.82 Å². The Balaban J connectivity index is 0.00000288. The standard InChI is InChI=1S/C16H24N4O2S.2ClH/c1-22-9-8-17-11-15(21)18-14(7-10-23-2)16-19-12-5-3-4-6-13(12)20-16;;/h3-6,14,17H,7-11H2,1-2H3,(H,18,21)(H,19,20);2*1H. The molecule has 6 nitrogen and oxygen atoms in total. The number of hydrogen-bond donors (Lipinski definition) is 3. The highest BCUT2D eigenvalue weighted by Crippen LogP contribution is 2.19. The molecule has 2 aromatic rings. The highest BCUT2D eigenvalue weighted by atomic mass is 35.5. The van der Waals surface area contributed by atoms with Crippen LogP contribution in [0.25, 0.3) is 11.0 Å². The van der Waals surface area contributed by atoms with Gasteiger partial charge in [-0.1, -0.05) is 12.1 Å². The second kappa shape index (κ2) is 13.2.